The average molecular weight is 311 g/mol. The molecule has 0 bridgehead atoms. The Morgan fingerprint density at radius 2 is 1.90 bits per heavy atom. The minimum atomic E-state index is -3.76. The highest BCUT2D eigenvalue weighted by atomic mass is 32.2. The standard InChI is InChI=1S/C12H13N3O3S2/c1-7-3-9(20(13,17)18)4-8(2)11(7)15-12(16)10-5-19-6-14-10/h3-6H,1-2H3,(H,15,16)(H2,13,17,18). The van der Waals surface area contributed by atoms with E-state index >= 15 is 0 Å². The van der Waals surface area contributed by atoms with E-state index in [1.54, 1.807) is 24.7 Å². The topological polar surface area (TPSA) is 102 Å². The van der Waals surface area contributed by atoms with Crippen LogP contribution in [-0.2, 0) is 10.0 Å². The average Bonchev–Trinajstić information content (AvgIpc) is 2.85. The molecule has 0 fully saturated rings. The van der Waals surface area contributed by atoms with Gasteiger partial charge in [0.2, 0.25) is 10.0 Å². The lowest BCUT2D eigenvalue weighted by molar-refractivity contribution is 0.102. The van der Waals surface area contributed by atoms with Crippen LogP contribution in [0, 0.1) is 13.8 Å². The first kappa shape index (κ1) is 14.6. The van der Waals surface area contributed by atoms with Crippen LogP contribution in [0.4, 0.5) is 5.69 Å². The smallest absolute Gasteiger partial charge is 0.275 e. The van der Waals surface area contributed by atoms with Crippen molar-refractivity contribution in [2.24, 2.45) is 5.14 Å². The summed E-state index contributed by atoms with van der Waals surface area (Å²) >= 11 is 1.32. The van der Waals surface area contributed by atoms with Gasteiger partial charge in [-0.1, -0.05) is 0 Å². The number of anilines is 1. The Hall–Kier alpha value is -1.77. The van der Waals surface area contributed by atoms with Crippen LogP contribution in [0.3, 0.4) is 0 Å². The summed E-state index contributed by atoms with van der Waals surface area (Å²) in [5.74, 6) is -0.333. The number of thiazole rings is 1. The monoisotopic (exact) mass is 311 g/mol. The third-order valence-corrected chi connectivity index (χ3v) is 4.22. The van der Waals surface area contributed by atoms with Gasteiger partial charge in [0, 0.05) is 11.1 Å². The number of aryl methyl sites for hydroxylation is 2. The minimum absolute atomic E-state index is 0.0270. The molecular formula is C12H13N3O3S2. The van der Waals surface area contributed by atoms with Crippen molar-refractivity contribution in [3.63, 3.8) is 0 Å². The molecule has 0 saturated heterocycles. The maximum Gasteiger partial charge on any atom is 0.275 e. The lowest BCUT2D eigenvalue weighted by atomic mass is 10.1. The van der Waals surface area contributed by atoms with Gasteiger partial charge in [0.05, 0.1) is 10.4 Å². The first-order chi connectivity index (χ1) is 9.29. The first-order valence-corrected chi connectivity index (χ1v) is 8.11. The number of benzene rings is 1. The first-order valence-electron chi connectivity index (χ1n) is 5.62. The van der Waals surface area contributed by atoms with Gasteiger partial charge in [-0.2, -0.15) is 0 Å². The van der Waals surface area contributed by atoms with Crippen LogP contribution in [0.1, 0.15) is 21.6 Å². The predicted molar refractivity (Wildman–Crippen MR) is 77.4 cm³/mol. The van der Waals surface area contributed by atoms with Gasteiger partial charge in [-0.3, -0.25) is 4.79 Å². The van der Waals surface area contributed by atoms with E-state index in [1.165, 1.54) is 23.5 Å². The minimum Gasteiger partial charge on any atom is -0.320 e. The zero-order valence-corrected chi connectivity index (χ0v) is 12.5. The molecule has 20 heavy (non-hydrogen) atoms. The third-order valence-electron chi connectivity index (χ3n) is 2.74. The summed E-state index contributed by atoms with van der Waals surface area (Å²) < 4.78 is 22.7. The van der Waals surface area contributed by atoms with E-state index in [2.05, 4.69) is 10.3 Å². The Labute approximate surface area is 120 Å². The van der Waals surface area contributed by atoms with Crippen LogP contribution in [-0.4, -0.2) is 19.3 Å². The number of primary sulfonamides is 1. The molecule has 0 unspecified atom stereocenters. The van der Waals surface area contributed by atoms with E-state index in [1.807, 2.05) is 0 Å². The number of carbonyl (C=O) groups is 1. The molecule has 3 N–H and O–H groups in total. The van der Waals surface area contributed by atoms with E-state index < -0.39 is 10.0 Å². The quantitative estimate of drug-likeness (QED) is 0.899. The number of carbonyl (C=O) groups excluding carboxylic acids is 1. The fourth-order valence-electron chi connectivity index (χ4n) is 1.79. The summed E-state index contributed by atoms with van der Waals surface area (Å²) in [4.78, 5) is 15.9. The number of rotatable bonds is 3. The number of nitrogens with one attached hydrogen (secondary N) is 1. The lowest BCUT2D eigenvalue weighted by Gasteiger charge is -2.12. The van der Waals surface area contributed by atoms with Crippen molar-refractivity contribution in [3.05, 3.63) is 39.8 Å². The van der Waals surface area contributed by atoms with E-state index in [0.717, 1.165) is 0 Å². The Morgan fingerprint density at radius 3 is 2.35 bits per heavy atom. The number of hydrogen-bond acceptors (Lipinski definition) is 5. The summed E-state index contributed by atoms with van der Waals surface area (Å²) in [5.41, 5.74) is 3.70. The molecule has 1 aromatic carbocycles. The van der Waals surface area contributed by atoms with Crippen molar-refractivity contribution in [1.82, 2.24) is 4.98 Å². The molecule has 0 radical (unpaired) electrons. The van der Waals surface area contributed by atoms with Crippen molar-refractivity contribution in [2.45, 2.75) is 18.7 Å². The summed E-state index contributed by atoms with van der Waals surface area (Å²) in [7, 11) is -3.76. The van der Waals surface area contributed by atoms with Crippen molar-refractivity contribution in [2.75, 3.05) is 5.32 Å². The molecule has 1 amide bonds. The largest absolute Gasteiger partial charge is 0.320 e. The van der Waals surface area contributed by atoms with Crippen molar-refractivity contribution < 1.29 is 13.2 Å². The van der Waals surface area contributed by atoms with E-state index in [0.29, 0.717) is 22.5 Å². The third kappa shape index (κ3) is 3.03. The molecule has 0 aliphatic heterocycles. The number of amides is 1. The maximum atomic E-state index is 12.0. The zero-order chi connectivity index (χ0) is 14.9. The van der Waals surface area contributed by atoms with Crippen LogP contribution < -0.4 is 10.5 Å². The number of hydrogen-bond donors (Lipinski definition) is 2. The van der Waals surface area contributed by atoms with E-state index in [9.17, 15) is 13.2 Å². The lowest BCUT2D eigenvalue weighted by Crippen LogP contribution is -2.16. The van der Waals surface area contributed by atoms with Gasteiger partial charge in [0.1, 0.15) is 5.69 Å². The second kappa shape index (κ2) is 5.31. The molecule has 6 nitrogen and oxygen atoms in total. The molecule has 1 aromatic heterocycles. The molecule has 106 valence electrons. The highest BCUT2D eigenvalue weighted by Crippen LogP contribution is 2.24. The number of nitrogens with zero attached hydrogens (tertiary/aromatic N) is 1. The van der Waals surface area contributed by atoms with E-state index in [-0.39, 0.29) is 10.8 Å². The van der Waals surface area contributed by atoms with Gasteiger partial charge in [0.15, 0.2) is 0 Å². The fourth-order valence-corrected chi connectivity index (χ4v) is 3.00. The van der Waals surface area contributed by atoms with Gasteiger partial charge in [-0.15, -0.1) is 11.3 Å². The molecule has 2 rings (SSSR count). The second-order valence-electron chi connectivity index (χ2n) is 4.30. The molecule has 2 aromatic rings. The van der Waals surface area contributed by atoms with Crippen LogP contribution in [0.5, 0.6) is 0 Å². The van der Waals surface area contributed by atoms with Crippen LogP contribution in [0.15, 0.2) is 27.9 Å². The predicted octanol–water partition coefficient (Wildman–Crippen LogP) is 1.66. The van der Waals surface area contributed by atoms with Crippen molar-refractivity contribution >= 4 is 33.0 Å². The molecule has 1 heterocycles. The molecule has 0 spiro atoms. The molecule has 0 aliphatic carbocycles. The highest BCUT2D eigenvalue weighted by Gasteiger charge is 2.15. The van der Waals surface area contributed by atoms with Crippen LogP contribution in [0.25, 0.3) is 0 Å². The maximum absolute atomic E-state index is 12.0. The molecule has 0 saturated carbocycles. The Bertz CT molecular complexity index is 729. The van der Waals surface area contributed by atoms with Gasteiger partial charge in [-0.25, -0.2) is 18.5 Å². The van der Waals surface area contributed by atoms with Gasteiger partial charge >= 0.3 is 0 Å². The summed E-state index contributed by atoms with van der Waals surface area (Å²) in [5, 5.41) is 9.47. The molecule has 0 atom stereocenters. The SMILES string of the molecule is Cc1cc(S(N)(=O)=O)cc(C)c1NC(=O)c1cscn1. The normalized spacial score (nSPS) is 11.3. The van der Waals surface area contributed by atoms with E-state index in [4.69, 9.17) is 5.14 Å². The van der Waals surface area contributed by atoms with Crippen molar-refractivity contribution in [1.29, 1.82) is 0 Å². The fraction of sp³-hybridized carbons (Fsp3) is 0.167. The highest BCUT2D eigenvalue weighted by molar-refractivity contribution is 7.89. The van der Waals surface area contributed by atoms with Gasteiger partial charge < -0.3 is 5.32 Å². The summed E-state index contributed by atoms with van der Waals surface area (Å²) in [6.45, 7) is 3.41. The Morgan fingerprint density at radius 1 is 1.30 bits per heavy atom. The van der Waals surface area contributed by atoms with Gasteiger partial charge in [-0.05, 0) is 37.1 Å². The van der Waals surface area contributed by atoms with Gasteiger partial charge in [0.25, 0.3) is 5.91 Å². The number of sulfonamides is 1. The second-order valence-corrected chi connectivity index (χ2v) is 6.58. The Balaban J connectivity index is 2.37. The number of aromatic nitrogens is 1. The van der Waals surface area contributed by atoms with Crippen LogP contribution >= 0.6 is 11.3 Å². The summed E-state index contributed by atoms with van der Waals surface area (Å²) in [6.07, 6.45) is 0. The molecule has 8 heteroatoms. The zero-order valence-electron chi connectivity index (χ0n) is 10.9. The summed E-state index contributed by atoms with van der Waals surface area (Å²) in [6, 6.07) is 2.86. The molecule has 0 aliphatic rings. The molecular weight excluding hydrogens is 298 g/mol. The Kier molecular flexibility index (Phi) is 3.89. The van der Waals surface area contributed by atoms with Crippen molar-refractivity contribution in [3.8, 4) is 0 Å². The van der Waals surface area contributed by atoms with Crippen LogP contribution in [0.2, 0.25) is 0 Å². The number of nitrogens with two attached hydrogens (primary N) is 1.